The zero-order valence-electron chi connectivity index (χ0n) is 9.21. The number of hydrogen-bond acceptors (Lipinski definition) is 4. The van der Waals surface area contributed by atoms with E-state index in [1.807, 2.05) is 0 Å². The minimum atomic E-state index is -0.691. The molecule has 1 aromatic carbocycles. The van der Waals surface area contributed by atoms with Crippen LogP contribution in [-0.2, 0) is 0 Å². The predicted molar refractivity (Wildman–Crippen MR) is 64.5 cm³/mol. The summed E-state index contributed by atoms with van der Waals surface area (Å²) in [7, 11) is 0. The Hall–Kier alpha value is -2.63. The van der Waals surface area contributed by atoms with E-state index in [9.17, 15) is 9.50 Å². The lowest BCUT2D eigenvalue weighted by molar-refractivity contribution is 0.432. The van der Waals surface area contributed by atoms with E-state index in [0.29, 0.717) is 22.7 Å². The number of nitrogens with two attached hydrogens (primary N) is 1. The van der Waals surface area contributed by atoms with Crippen molar-refractivity contribution in [2.45, 2.75) is 0 Å². The number of fused-ring (bicyclic) bond motifs is 1. The van der Waals surface area contributed by atoms with Gasteiger partial charge < -0.3 is 10.8 Å². The van der Waals surface area contributed by atoms with Crippen LogP contribution in [0.4, 0.5) is 10.2 Å². The van der Waals surface area contributed by atoms with Crippen LogP contribution in [0, 0.1) is 5.82 Å². The van der Waals surface area contributed by atoms with Gasteiger partial charge in [0.25, 0.3) is 0 Å². The molecule has 0 saturated carbocycles. The fourth-order valence-electron chi connectivity index (χ4n) is 1.80. The highest BCUT2D eigenvalue weighted by Crippen LogP contribution is 2.26. The maximum absolute atomic E-state index is 13.4. The summed E-state index contributed by atoms with van der Waals surface area (Å²) in [5, 5.41) is 13.3. The molecular formula is C12H9FN4O. The molecule has 0 radical (unpaired) electrons. The van der Waals surface area contributed by atoms with Gasteiger partial charge in [-0.3, -0.25) is 0 Å². The number of anilines is 1. The first-order valence-electron chi connectivity index (χ1n) is 5.24. The lowest BCUT2D eigenvalue weighted by Gasteiger charge is -2.06. The van der Waals surface area contributed by atoms with E-state index < -0.39 is 11.6 Å². The van der Waals surface area contributed by atoms with Gasteiger partial charge in [-0.1, -0.05) is 0 Å². The number of aromatic hydroxyl groups is 1. The molecule has 5 nitrogen and oxygen atoms in total. The minimum Gasteiger partial charge on any atom is -0.505 e. The molecule has 90 valence electrons. The van der Waals surface area contributed by atoms with Crippen LogP contribution in [0.25, 0.3) is 16.9 Å². The fraction of sp³-hybridized carbons (Fsp3) is 0. The third-order valence-electron chi connectivity index (χ3n) is 2.62. The van der Waals surface area contributed by atoms with Gasteiger partial charge >= 0.3 is 0 Å². The van der Waals surface area contributed by atoms with E-state index in [4.69, 9.17) is 5.73 Å². The first kappa shape index (κ1) is 10.5. The second kappa shape index (κ2) is 3.69. The van der Waals surface area contributed by atoms with Gasteiger partial charge in [-0.15, -0.1) is 0 Å². The van der Waals surface area contributed by atoms with Crippen LogP contribution >= 0.6 is 0 Å². The molecule has 18 heavy (non-hydrogen) atoms. The number of nitrogens with zero attached hydrogens (tertiary/aromatic N) is 3. The lowest BCUT2D eigenvalue weighted by Crippen LogP contribution is -2.00. The minimum absolute atomic E-state index is 0.325. The molecular weight excluding hydrogens is 235 g/mol. The summed E-state index contributed by atoms with van der Waals surface area (Å²) in [6.07, 6.45) is 1.59. The number of nitrogen functional groups attached to an aromatic ring is 1. The Morgan fingerprint density at radius 3 is 2.83 bits per heavy atom. The van der Waals surface area contributed by atoms with Gasteiger partial charge in [-0.25, -0.2) is 13.9 Å². The van der Waals surface area contributed by atoms with Crippen molar-refractivity contribution in [1.29, 1.82) is 0 Å². The van der Waals surface area contributed by atoms with Crippen molar-refractivity contribution in [2.24, 2.45) is 0 Å². The van der Waals surface area contributed by atoms with Gasteiger partial charge in [0.2, 0.25) is 0 Å². The van der Waals surface area contributed by atoms with Gasteiger partial charge in [-0.2, -0.15) is 5.10 Å². The molecule has 0 bridgehead atoms. The van der Waals surface area contributed by atoms with Crippen LogP contribution < -0.4 is 5.73 Å². The highest BCUT2D eigenvalue weighted by Gasteiger charge is 2.09. The second-order valence-corrected chi connectivity index (χ2v) is 3.83. The summed E-state index contributed by atoms with van der Waals surface area (Å²) in [4.78, 5) is 4.10. The summed E-state index contributed by atoms with van der Waals surface area (Å²) in [5.74, 6) is -0.757. The van der Waals surface area contributed by atoms with E-state index in [0.717, 1.165) is 0 Å². The SMILES string of the molecule is Nc1cc(-c2ccc(O)c(F)c2)n2nccc2n1. The molecule has 0 spiro atoms. The number of aromatic nitrogens is 3. The normalized spacial score (nSPS) is 10.9. The van der Waals surface area contributed by atoms with Gasteiger partial charge in [0.05, 0.1) is 11.9 Å². The quantitative estimate of drug-likeness (QED) is 0.684. The zero-order chi connectivity index (χ0) is 12.7. The molecule has 0 saturated heterocycles. The molecule has 6 heteroatoms. The van der Waals surface area contributed by atoms with Crippen LogP contribution in [-0.4, -0.2) is 19.7 Å². The molecule has 0 aliphatic rings. The van der Waals surface area contributed by atoms with Crippen molar-refractivity contribution in [1.82, 2.24) is 14.6 Å². The van der Waals surface area contributed by atoms with E-state index in [-0.39, 0.29) is 0 Å². The molecule has 0 aliphatic heterocycles. The van der Waals surface area contributed by atoms with Crippen LogP contribution in [0.1, 0.15) is 0 Å². The molecule has 3 N–H and O–H groups in total. The topological polar surface area (TPSA) is 76.4 Å². The zero-order valence-corrected chi connectivity index (χ0v) is 9.21. The summed E-state index contributed by atoms with van der Waals surface area (Å²) in [6.45, 7) is 0. The molecule has 2 heterocycles. The van der Waals surface area contributed by atoms with Gasteiger partial charge in [0, 0.05) is 17.7 Å². The fourth-order valence-corrected chi connectivity index (χ4v) is 1.80. The molecule has 0 atom stereocenters. The summed E-state index contributed by atoms with van der Waals surface area (Å²) >= 11 is 0. The largest absolute Gasteiger partial charge is 0.505 e. The van der Waals surface area contributed by atoms with E-state index in [1.165, 1.54) is 12.1 Å². The van der Waals surface area contributed by atoms with Gasteiger partial charge in [0.1, 0.15) is 5.82 Å². The standard InChI is InChI=1S/C12H9FN4O/c13-8-5-7(1-2-10(8)18)9-6-11(14)16-12-3-4-15-17(9)12/h1-6,18H,(H2,14,16). The average molecular weight is 244 g/mol. The highest BCUT2D eigenvalue weighted by atomic mass is 19.1. The Morgan fingerprint density at radius 1 is 1.22 bits per heavy atom. The molecule has 0 fully saturated rings. The smallest absolute Gasteiger partial charge is 0.165 e. The second-order valence-electron chi connectivity index (χ2n) is 3.83. The summed E-state index contributed by atoms with van der Waals surface area (Å²) in [6, 6.07) is 7.42. The maximum atomic E-state index is 13.4. The van der Waals surface area contributed by atoms with Crippen molar-refractivity contribution < 1.29 is 9.50 Å². The van der Waals surface area contributed by atoms with E-state index in [1.54, 1.807) is 28.9 Å². The Balaban J connectivity index is 2.30. The molecule has 3 aromatic rings. The number of rotatable bonds is 1. The summed E-state index contributed by atoms with van der Waals surface area (Å²) < 4.78 is 14.9. The van der Waals surface area contributed by atoms with Gasteiger partial charge in [-0.05, 0) is 18.2 Å². The number of phenols is 1. The van der Waals surface area contributed by atoms with E-state index in [2.05, 4.69) is 10.1 Å². The Bertz CT molecular complexity index is 738. The Morgan fingerprint density at radius 2 is 2.06 bits per heavy atom. The van der Waals surface area contributed by atoms with Crippen molar-refractivity contribution in [3.63, 3.8) is 0 Å². The van der Waals surface area contributed by atoms with Crippen LogP contribution in [0.5, 0.6) is 5.75 Å². The predicted octanol–water partition coefficient (Wildman–Crippen LogP) is 1.82. The average Bonchev–Trinajstić information content (AvgIpc) is 2.79. The number of hydrogen-bond donors (Lipinski definition) is 2. The Kier molecular flexibility index (Phi) is 2.16. The van der Waals surface area contributed by atoms with Crippen LogP contribution in [0.15, 0.2) is 36.5 Å². The van der Waals surface area contributed by atoms with Gasteiger partial charge in [0.15, 0.2) is 17.2 Å². The number of benzene rings is 1. The highest BCUT2D eigenvalue weighted by molar-refractivity contribution is 5.66. The molecule has 2 aromatic heterocycles. The Labute approximate surface area is 101 Å². The molecule has 3 rings (SSSR count). The number of phenolic OH excluding ortho intramolecular Hbond substituents is 1. The molecule has 0 amide bonds. The first-order valence-corrected chi connectivity index (χ1v) is 5.24. The lowest BCUT2D eigenvalue weighted by atomic mass is 10.1. The van der Waals surface area contributed by atoms with Crippen molar-refractivity contribution in [3.05, 3.63) is 42.3 Å². The van der Waals surface area contributed by atoms with Crippen molar-refractivity contribution in [2.75, 3.05) is 5.73 Å². The van der Waals surface area contributed by atoms with Crippen molar-refractivity contribution >= 4 is 11.5 Å². The molecule has 0 aliphatic carbocycles. The third-order valence-corrected chi connectivity index (χ3v) is 2.62. The van der Waals surface area contributed by atoms with Crippen molar-refractivity contribution in [3.8, 4) is 17.0 Å². The maximum Gasteiger partial charge on any atom is 0.165 e. The summed E-state index contributed by atoms with van der Waals surface area (Å²) in [5.41, 5.74) is 7.45. The van der Waals surface area contributed by atoms with Crippen LogP contribution in [0.3, 0.4) is 0 Å². The number of halogens is 1. The van der Waals surface area contributed by atoms with Crippen LogP contribution in [0.2, 0.25) is 0 Å². The first-order chi connectivity index (χ1) is 8.65. The molecule has 0 unspecified atom stereocenters. The van der Waals surface area contributed by atoms with E-state index >= 15 is 0 Å². The monoisotopic (exact) mass is 244 g/mol. The third kappa shape index (κ3) is 1.55.